The minimum atomic E-state index is -0.370. The second-order valence-electron chi connectivity index (χ2n) is 6.75. The Bertz CT molecular complexity index is 880. The summed E-state index contributed by atoms with van der Waals surface area (Å²) in [5, 5.41) is 7.32. The predicted octanol–water partition coefficient (Wildman–Crippen LogP) is 3.60. The molecule has 128 valence electrons. The highest BCUT2D eigenvalue weighted by atomic mass is 19.1. The van der Waals surface area contributed by atoms with E-state index in [0.717, 1.165) is 5.56 Å². The fourth-order valence-corrected chi connectivity index (χ4v) is 2.40. The molecule has 0 radical (unpaired) electrons. The van der Waals surface area contributed by atoms with Gasteiger partial charge in [0.2, 0.25) is 0 Å². The van der Waals surface area contributed by atoms with Crippen molar-refractivity contribution in [2.45, 2.75) is 26.3 Å². The third-order valence-corrected chi connectivity index (χ3v) is 3.46. The summed E-state index contributed by atoms with van der Waals surface area (Å²) in [6.45, 7) is 5.72. The van der Waals surface area contributed by atoms with Crippen LogP contribution in [0.2, 0.25) is 0 Å². The summed E-state index contributed by atoms with van der Waals surface area (Å²) < 4.78 is 14.9. The maximum Gasteiger partial charge on any atom is 0.272 e. The van der Waals surface area contributed by atoms with Crippen LogP contribution in [0.1, 0.15) is 31.3 Å². The lowest BCUT2D eigenvalue weighted by Crippen LogP contribution is -2.40. The van der Waals surface area contributed by atoms with Gasteiger partial charge in [-0.1, -0.05) is 0 Å². The Morgan fingerprint density at radius 3 is 2.48 bits per heavy atom. The van der Waals surface area contributed by atoms with E-state index in [2.05, 4.69) is 15.4 Å². The number of carbonyl (C=O) groups excluding carboxylic acids is 1. The van der Waals surface area contributed by atoms with Crippen LogP contribution >= 0.6 is 0 Å². The number of pyridine rings is 1. The van der Waals surface area contributed by atoms with Crippen LogP contribution in [0.25, 0.3) is 16.9 Å². The monoisotopic (exact) mass is 338 g/mol. The van der Waals surface area contributed by atoms with E-state index in [9.17, 15) is 9.18 Å². The number of amides is 1. The van der Waals surface area contributed by atoms with Gasteiger partial charge >= 0.3 is 0 Å². The van der Waals surface area contributed by atoms with Crippen molar-refractivity contribution >= 4 is 5.91 Å². The van der Waals surface area contributed by atoms with E-state index in [1.54, 1.807) is 35.3 Å². The molecule has 0 aliphatic heterocycles. The standard InChI is InChI=1S/C19H19FN4O/c1-19(2,3)22-18(25)16-11-17(13-5-4-10-21-12-13)24(23-16)15-8-6-14(20)7-9-15/h4-12H,1-3H3,(H,22,25). The quantitative estimate of drug-likeness (QED) is 0.794. The summed E-state index contributed by atoms with van der Waals surface area (Å²) >= 11 is 0. The Kier molecular flexibility index (Phi) is 4.35. The number of rotatable bonds is 3. The van der Waals surface area contributed by atoms with E-state index >= 15 is 0 Å². The van der Waals surface area contributed by atoms with Crippen molar-refractivity contribution < 1.29 is 9.18 Å². The minimum absolute atomic E-state index is 0.265. The van der Waals surface area contributed by atoms with E-state index in [0.29, 0.717) is 11.4 Å². The van der Waals surface area contributed by atoms with Crippen LogP contribution in [0.5, 0.6) is 0 Å². The normalized spacial score (nSPS) is 11.4. The van der Waals surface area contributed by atoms with Gasteiger partial charge in [-0.25, -0.2) is 9.07 Å². The maximum atomic E-state index is 13.2. The fraction of sp³-hybridized carbons (Fsp3) is 0.211. The molecule has 0 saturated heterocycles. The number of nitrogens with zero attached hydrogens (tertiary/aromatic N) is 3. The number of aromatic nitrogens is 3. The first kappa shape index (κ1) is 16.8. The molecule has 0 unspecified atom stereocenters. The number of halogens is 1. The minimum Gasteiger partial charge on any atom is -0.346 e. The molecule has 25 heavy (non-hydrogen) atoms. The van der Waals surface area contributed by atoms with Crippen molar-refractivity contribution in [3.8, 4) is 16.9 Å². The van der Waals surface area contributed by atoms with Crippen molar-refractivity contribution in [3.63, 3.8) is 0 Å². The lowest BCUT2D eigenvalue weighted by molar-refractivity contribution is 0.0914. The molecule has 0 aliphatic carbocycles. The van der Waals surface area contributed by atoms with Gasteiger partial charge in [-0.3, -0.25) is 9.78 Å². The van der Waals surface area contributed by atoms with Gasteiger partial charge < -0.3 is 5.32 Å². The number of nitrogens with one attached hydrogen (secondary N) is 1. The smallest absolute Gasteiger partial charge is 0.272 e. The highest BCUT2D eigenvalue weighted by Gasteiger charge is 2.20. The van der Waals surface area contributed by atoms with Gasteiger partial charge in [-0.15, -0.1) is 0 Å². The maximum absolute atomic E-state index is 13.2. The third-order valence-electron chi connectivity index (χ3n) is 3.46. The predicted molar refractivity (Wildman–Crippen MR) is 94.0 cm³/mol. The molecule has 6 heteroatoms. The van der Waals surface area contributed by atoms with Crippen LogP contribution in [0.15, 0.2) is 54.9 Å². The van der Waals surface area contributed by atoms with Crippen LogP contribution in [-0.2, 0) is 0 Å². The summed E-state index contributed by atoms with van der Waals surface area (Å²) in [7, 11) is 0. The van der Waals surface area contributed by atoms with Gasteiger partial charge in [0.1, 0.15) is 5.82 Å². The molecule has 0 fully saturated rings. The number of benzene rings is 1. The Morgan fingerprint density at radius 1 is 1.16 bits per heavy atom. The average Bonchev–Trinajstić information content (AvgIpc) is 3.00. The summed E-state index contributed by atoms with van der Waals surface area (Å²) in [6.07, 6.45) is 3.37. The SMILES string of the molecule is CC(C)(C)NC(=O)c1cc(-c2cccnc2)n(-c2ccc(F)cc2)n1. The van der Waals surface area contributed by atoms with Crippen molar-refractivity contribution in [2.24, 2.45) is 0 Å². The number of hydrogen-bond donors (Lipinski definition) is 1. The summed E-state index contributed by atoms with van der Waals surface area (Å²) in [5.41, 5.74) is 2.10. The topological polar surface area (TPSA) is 59.8 Å². The Balaban J connectivity index is 2.09. The molecule has 0 aliphatic rings. The number of hydrogen-bond acceptors (Lipinski definition) is 3. The summed E-state index contributed by atoms with van der Waals surface area (Å²) in [4.78, 5) is 16.6. The largest absolute Gasteiger partial charge is 0.346 e. The van der Waals surface area contributed by atoms with Crippen molar-refractivity contribution in [1.29, 1.82) is 0 Å². The molecule has 0 atom stereocenters. The molecule has 0 spiro atoms. The zero-order chi connectivity index (χ0) is 18.0. The average molecular weight is 338 g/mol. The molecule has 1 amide bonds. The van der Waals surface area contributed by atoms with Crippen molar-refractivity contribution in [3.05, 3.63) is 66.4 Å². The molecule has 2 heterocycles. The lowest BCUT2D eigenvalue weighted by Gasteiger charge is -2.19. The molecule has 0 bridgehead atoms. The highest BCUT2D eigenvalue weighted by Crippen LogP contribution is 2.24. The van der Waals surface area contributed by atoms with Gasteiger partial charge in [-0.2, -0.15) is 5.10 Å². The van der Waals surface area contributed by atoms with Gasteiger partial charge in [0.15, 0.2) is 5.69 Å². The molecule has 3 rings (SSSR count). The van der Waals surface area contributed by atoms with Crippen LogP contribution < -0.4 is 5.32 Å². The van der Waals surface area contributed by atoms with Crippen molar-refractivity contribution in [2.75, 3.05) is 0 Å². The van der Waals surface area contributed by atoms with E-state index in [1.807, 2.05) is 32.9 Å². The molecular weight excluding hydrogens is 319 g/mol. The second kappa shape index (κ2) is 6.47. The molecule has 5 nitrogen and oxygen atoms in total. The first-order chi connectivity index (χ1) is 11.8. The highest BCUT2D eigenvalue weighted by molar-refractivity contribution is 5.94. The zero-order valence-corrected chi connectivity index (χ0v) is 14.3. The van der Waals surface area contributed by atoms with Crippen LogP contribution in [0, 0.1) is 5.82 Å². The zero-order valence-electron chi connectivity index (χ0n) is 14.3. The Morgan fingerprint density at radius 2 is 1.88 bits per heavy atom. The molecular formula is C19H19FN4O. The lowest BCUT2D eigenvalue weighted by atomic mass is 10.1. The third kappa shape index (κ3) is 3.91. The van der Waals surface area contributed by atoms with Crippen LogP contribution in [-0.4, -0.2) is 26.2 Å². The summed E-state index contributed by atoms with van der Waals surface area (Å²) in [5.74, 6) is -0.594. The molecule has 3 aromatic rings. The fourth-order valence-electron chi connectivity index (χ4n) is 2.40. The van der Waals surface area contributed by atoms with E-state index < -0.39 is 0 Å². The van der Waals surface area contributed by atoms with Gasteiger partial charge in [-0.05, 0) is 63.2 Å². The Labute approximate surface area is 145 Å². The first-order valence-corrected chi connectivity index (χ1v) is 7.92. The van der Waals surface area contributed by atoms with Gasteiger partial charge in [0.05, 0.1) is 11.4 Å². The van der Waals surface area contributed by atoms with E-state index in [4.69, 9.17) is 0 Å². The van der Waals surface area contributed by atoms with E-state index in [-0.39, 0.29) is 23.0 Å². The molecule has 1 aromatic carbocycles. The second-order valence-corrected chi connectivity index (χ2v) is 6.75. The van der Waals surface area contributed by atoms with Crippen LogP contribution in [0.3, 0.4) is 0 Å². The first-order valence-electron chi connectivity index (χ1n) is 7.92. The Hall–Kier alpha value is -3.02. The molecule has 2 aromatic heterocycles. The van der Waals surface area contributed by atoms with Gasteiger partial charge in [0.25, 0.3) is 5.91 Å². The van der Waals surface area contributed by atoms with E-state index in [1.165, 1.54) is 12.1 Å². The van der Waals surface area contributed by atoms with Crippen LogP contribution in [0.4, 0.5) is 4.39 Å². The molecule has 0 saturated carbocycles. The summed E-state index contributed by atoms with van der Waals surface area (Å²) in [6, 6.07) is 11.4. The molecule has 1 N–H and O–H groups in total. The van der Waals surface area contributed by atoms with Crippen molar-refractivity contribution in [1.82, 2.24) is 20.1 Å². The van der Waals surface area contributed by atoms with Gasteiger partial charge in [0, 0.05) is 23.5 Å². The number of carbonyl (C=O) groups is 1.